The van der Waals surface area contributed by atoms with Gasteiger partial charge in [0, 0.05) is 39.0 Å². The number of hydrogen-bond acceptors (Lipinski definition) is 6. The van der Waals surface area contributed by atoms with Crippen LogP contribution in [0.15, 0.2) is 48.5 Å². The van der Waals surface area contributed by atoms with Crippen LogP contribution in [0.5, 0.6) is 11.5 Å². The Labute approximate surface area is 269 Å². The first-order valence-corrected chi connectivity index (χ1v) is 16.0. The maximum absolute atomic E-state index is 14.3. The van der Waals surface area contributed by atoms with Gasteiger partial charge in [-0.05, 0) is 93.3 Å². The molecule has 1 saturated heterocycles. The smallest absolute Gasteiger partial charge is 0.395 e. The molecule has 11 heteroatoms. The Kier molecular flexibility index (Phi) is 11.6. The molecule has 2 fully saturated rings. The van der Waals surface area contributed by atoms with E-state index in [0.717, 1.165) is 37.1 Å². The summed E-state index contributed by atoms with van der Waals surface area (Å²) in [4.78, 5) is 15.4. The molecule has 0 amide bonds. The van der Waals surface area contributed by atoms with Crippen LogP contribution in [0, 0.1) is 5.41 Å². The lowest BCUT2D eigenvalue weighted by atomic mass is 9.66. The van der Waals surface area contributed by atoms with Crippen molar-refractivity contribution in [1.29, 1.82) is 0 Å². The molecule has 6 nitrogen and oxygen atoms in total. The van der Waals surface area contributed by atoms with Crippen LogP contribution in [0.25, 0.3) is 0 Å². The molecule has 46 heavy (non-hydrogen) atoms. The first-order valence-electron chi connectivity index (χ1n) is 16.0. The van der Waals surface area contributed by atoms with Gasteiger partial charge in [-0.15, -0.1) is 0 Å². The number of rotatable bonds is 13. The van der Waals surface area contributed by atoms with Crippen LogP contribution in [0.2, 0.25) is 0 Å². The second kappa shape index (κ2) is 14.9. The van der Waals surface area contributed by atoms with Gasteiger partial charge in [0.25, 0.3) is 0 Å². The number of alkyl halides is 5. The Morgan fingerprint density at radius 2 is 1.50 bits per heavy atom. The lowest BCUT2D eigenvalue weighted by Gasteiger charge is -2.43. The molecule has 256 valence electrons. The standard InChI is InChI=1S/C35H47F5N2O4/c1-32(2,35(38,39)40)25-42(22-19-33(15-17-34(36,37)18-16-33)27-7-11-28(44-3)12-8-27)23-26-5-9-29(10-6-26)46-30-13-20-41(21-14-30)24-31(43)45-4/h5-12,30H,13-25H2,1-4H3. The number of benzene rings is 2. The highest BCUT2D eigenvalue weighted by atomic mass is 19.4. The second-order valence-electron chi connectivity index (χ2n) is 13.5. The van der Waals surface area contributed by atoms with Gasteiger partial charge in [-0.3, -0.25) is 14.6 Å². The topological polar surface area (TPSA) is 51.2 Å². The molecular weight excluding hydrogens is 607 g/mol. The molecule has 0 unspecified atom stereocenters. The summed E-state index contributed by atoms with van der Waals surface area (Å²) in [7, 11) is 2.93. The number of carbonyl (C=O) groups is 1. The second-order valence-corrected chi connectivity index (χ2v) is 13.5. The normalized spacial score (nSPS) is 19.2. The van der Waals surface area contributed by atoms with Gasteiger partial charge in [-0.2, -0.15) is 13.2 Å². The van der Waals surface area contributed by atoms with Gasteiger partial charge in [0.15, 0.2) is 0 Å². The molecule has 1 saturated carbocycles. The van der Waals surface area contributed by atoms with Crippen molar-refractivity contribution in [2.45, 2.75) is 89.0 Å². The molecule has 1 heterocycles. The Morgan fingerprint density at radius 1 is 0.913 bits per heavy atom. The van der Waals surface area contributed by atoms with Crippen LogP contribution in [0.4, 0.5) is 22.0 Å². The van der Waals surface area contributed by atoms with Crippen molar-refractivity contribution in [2.24, 2.45) is 5.41 Å². The molecular formula is C35H47F5N2O4. The highest BCUT2D eigenvalue weighted by Crippen LogP contribution is 2.48. The average molecular weight is 655 g/mol. The Hall–Kier alpha value is -2.92. The number of likely N-dealkylation sites (tertiary alicyclic amines) is 1. The lowest BCUT2D eigenvalue weighted by molar-refractivity contribution is -0.217. The minimum atomic E-state index is -4.41. The maximum atomic E-state index is 14.3. The summed E-state index contributed by atoms with van der Waals surface area (Å²) in [6.07, 6.45) is -2.40. The van der Waals surface area contributed by atoms with Crippen LogP contribution >= 0.6 is 0 Å². The maximum Gasteiger partial charge on any atom is 0.395 e. The summed E-state index contributed by atoms with van der Waals surface area (Å²) in [5, 5.41) is 0. The van der Waals surface area contributed by atoms with E-state index in [9.17, 15) is 26.7 Å². The Balaban J connectivity index is 1.45. The first kappa shape index (κ1) is 35.9. The summed E-state index contributed by atoms with van der Waals surface area (Å²) >= 11 is 0. The van der Waals surface area contributed by atoms with Crippen LogP contribution in [0.3, 0.4) is 0 Å². The molecule has 0 spiro atoms. The number of carbonyl (C=O) groups excluding carboxylic acids is 1. The van der Waals surface area contributed by atoms with Crippen molar-refractivity contribution in [3.05, 3.63) is 59.7 Å². The van der Waals surface area contributed by atoms with Crippen molar-refractivity contribution in [2.75, 3.05) is 46.9 Å². The average Bonchev–Trinajstić information content (AvgIpc) is 3.02. The minimum absolute atomic E-state index is 0.000783. The number of piperidine rings is 1. The van der Waals surface area contributed by atoms with Gasteiger partial charge >= 0.3 is 12.1 Å². The molecule has 0 aromatic heterocycles. The lowest BCUT2D eigenvalue weighted by Crippen LogP contribution is -2.45. The van der Waals surface area contributed by atoms with Crippen LogP contribution < -0.4 is 9.47 Å². The van der Waals surface area contributed by atoms with Crippen LogP contribution in [-0.2, 0) is 21.5 Å². The molecule has 2 aliphatic rings. The number of methoxy groups -OCH3 is 2. The molecule has 0 radical (unpaired) electrons. The molecule has 1 aliphatic heterocycles. The third-order valence-corrected chi connectivity index (χ3v) is 9.68. The van der Waals surface area contributed by atoms with E-state index in [4.69, 9.17) is 14.2 Å². The van der Waals surface area contributed by atoms with E-state index in [1.54, 1.807) is 12.0 Å². The highest BCUT2D eigenvalue weighted by molar-refractivity contribution is 5.71. The first-order chi connectivity index (χ1) is 21.6. The summed E-state index contributed by atoms with van der Waals surface area (Å²) in [6.45, 7) is 4.47. The van der Waals surface area contributed by atoms with E-state index in [0.29, 0.717) is 24.5 Å². The van der Waals surface area contributed by atoms with Gasteiger partial charge in [0.2, 0.25) is 5.92 Å². The van der Waals surface area contributed by atoms with Crippen molar-refractivity contribution in [3.8, 4) is 11.5 Å². The number of esters is 1. The van der Waals surface area contributed by atoms with E-state index in [2.05, 4.69) is 0 Å². The van der Waals surface area contributed by atoms with E-state index in [1.807, 2.05) is 53.4 Å². The van der Waals surface area contributed by atoms with E-state index >= 15 is 0 Å². The summed E-state index contributed by atoms with van der Waals surface area (Å²) in [5.74, 6) is -1.67. The third-order valence-electron chi connectivity index (χ3n) is 9.68. The van der Waals surface area contributed by atoms with Crippen molar-refractivity contribution in [1.82, 2.24) is 9.80 Å². The quantitative estimate of drug-likeness (QED) is 0.164. The fourth-order valence-corrected chi connectivity index (χ4v) is 6.51. The fraction of sp³-hybridized carbons (Fsp3) is 0.629. The van der Waals surface area contributed by atoms with Crippen molar-refractivity contribution >= 4 is 5.97 Å². The molecule has 2 aromatic rings. The predicted molar refractivity (Wildman–Crippen MR) is 166 cm³/mol. The number of hydrogen-bond donors (Lipinski definition) is 0. The van der Waals surface area contributed by atoms with Crippen LogP contribution in [-0.4, -0.2) is 80.9 Å². The molecule has 4 rings (SSSR count). The minimum Gasteiger partial charge on any atom is -0.497 e. The van der Waals surface area contributed by atoms with Gasteiger partial charge in [-0.1, -0.05) is 24.3 Å². The number of halogens is 5. The van der Waals surface area contributed by atoms with Crippen molar-refractivity contribution < 1.29 is 41.0 Å². The molecule has 0 bridgehead atoms. The van der Waals surface area contributed by atoms with Gasteiger partial charge < -0.3 is 14.2 Å². The number of nitrogens with zero attached hydrogens (tertiary/aromatic N) is 2. The third kappa shape index (κ3) is 9.56. The Bertz CT molecular complexity index is 1250. The monoisotopic (exact) mass is 654 g/mol. The fourth-order valence-electron chi connectivity index (χ4n) is 6.51. The zero-order chi connectivity index (χ0) is 33.6. The molecule has 1 aliphatic carbocycles. The van der Waals surface area contributed by atoms with Gasteiger partial charge in [-0.25, -0.2) is 8.78 Å². The van der Waals surface area contributed by atoms with E-state index < -0.39 is 22.9 Å². The van der Waals surface area contributed by atoms with E-state index in [1.165, 1.54) is 21.0 Å². The number of ether oxygens (including phenoxy) is 3. The largest absolute Gasteiger partial charge is 0.497 e. The molecule has 0 N–H and O–H groups in total. The van der Waals surface area contributed by atoms with Crippen molar-refractivity contribution in [3.63, 3.8) is 0 Å². The molecule has 2 aromatic carbocycles. The summed E-state index contributed by atoms with van der Waals surface area (Å²) in [5.41, 5.74) is -0.784. The van der Waals surface area contributed by atoms with Gasteiger partial charge in [0.05, 0.1) is 26.2 Å². The molecule has 0 atom stereocenters. The van der Waals surface area contributed by atoms with Gasteiger partial charge in [0.1, 0.15) is 17.6 Å². The summed E-state index contributed by atoms with van der Waals surface area (Å²) in [6, 6.07) is 14.8. The summed E-state index contributed by atoms with van der Waals surface area (Å²) < 4.78 is 86.9. The van der Waals surface area contributed by atoms with E-state index in [-0.39, 0.29) is 57.4 Å². The predicted octanol–water partition coefficient (Wildman–Crippen LogP) is 7.64. The highest BCUT2D eigenvalue weighted by Gasteiger charge is 2.49. The zero-order valence-electron chi connectivity index (χ0n) is 27.3. The van der Waals surface area contributed by atoms with Crippen LogP contribution in [0.1, 0.15) is 69.9 Å². The Morgan fingerprint density at radius 3 is 2.04 bits per heavy atom. The SMILES string of the molecule is COC(=O)CN1CCC(Oc2ccc(CN(CCC3(c4ccc(OC)cc4)CCC(F)(F)CC3)CC(C)(C)C(F)(F)F)cc2)CC1. The zero-order valence-corrected chi connectivity index (χ0v) is 27.3.